The van der Waals surface area contributed by atoms with E-state index in [1.54, 1.807) is 48.4 Å². The van der Waals surface area contributed by atoms with Crippen LogP contribution in [0.1, 0.15) is 12.0 Å². The Morgan fingerprint density at radius 2 is 1.67 bits per heavy atom. The van der Waals surface area contributed by atoms with Gasteiger partial charge in [0.1, 0.15) is 18.1 Å². The van der Waals surface area contributed by atoms with E-state index >= 15 is 0 Å². The summed E-state index contributed by atoms with van der Waals surface area (Å²) < 4.78 is 10.5. The molecule has 0 spiro atoms. The maximum absolute atomic E-state index is 12.9. The molecular formula is C20H22N2O5. The minimum absolute atomic E-state index is 0.0607. The van der Waals surface area contributed by atoms with Gasteiger partial charge in [0.05, 0.1) is 20.3 Å². The fourth-order valence-electron chi connectivity index (χ4n) is 2.89. The first-order chi connectivity index (χ1) is 13.1. The number of ether oxygens (including phenoxy) is 2. The molecule has 0 atom stereocenters. The van der Waals surface area contributed by atoms with Crippen molar-refractivity contribution in [2.45, 2.75) is 13.0 Å². The van der Waals surface area contributed by atoms with Gasteiger partial charge >= 0.3 is 6.03 Å². The van der Waals surface area contributed by atoms with Crippen LogP contribution in [0.4, 0.5) is 10.5 Å². The number of rotatable bonds is 7. The highest BCUT2D eigenvalue weighted by Gasteiger charge is 2.32. The Hall–Kier alpha value is -3.06. The van der Waals surface area contributed by atoms with Crippen LogP contribution in [0.2, 0.25) is 0 Å². The number of carbonyl (C=O) groups is 2. The molecule has 2 aromatic rings. The van der Waals surface area contributed by atoms with Gasteiger partial charge < -0.3 is 14.6 Å². The van der Waals surface area contributed by atoms with Crippen LogP contribution in [0.25, 0.3) is 0 Å². The fraction of sp³-hybridized carbons (Fsp3) is 0.300. The minimum Gasteiger partial charge on any atom is -0.497 e. The van der Waals surface area contributed by atoms with Crippen LogP contribution < -0.4 is 14.4 Å². The first-order valence-corrected chi connectivity index (χ1v) is 8.71. The van der Waals surface area contributed by atoms with E-state index in [0.29, 0.717) is 18.0 Å². The van der Waals surface area contributed by atoms with E-state index in [4.69, 9.17) is 14.6 Å². The van der Waals surface area contributed by atoms with Gasteiger partial charge in [-0.15, -0.1) is 0 Å². The van der Waals surface area contributed by atoms with E-state index in [1.807, 2.05) is 12.1 Å². The van der Waals surface area contributed by atoms with Crippen molar-refractivity contribution in [3.8, 4) is 11.5 Å². The Labute approximate surface area is 157 Å². The monoisotopic (exact) mass is 370 g/mol. The predicted molar refractivity (Wildman–Crippen MR) is 99.9 cm³/mol. The SMILES string of the molecule is COc1ccc(CN2C(=O)CCN(c3ccc(OCCO)cc3)C2=O)cc1. The van der Waals surface area contributed by atoms with Gasteiger partial charge in [-0.3, -0.25) is 14.6 Å². The summed E-state index contributed by atoms with van der Waals surface area (Å²) in [5.41, 5.74) is 1.55. The molecule has 0 aromatic heterocycles. The molecule has 0 radical (unpaired) electrons. The highest BCUT2D eigenvalue weighted by molar-refractivity contribution is 6.05. The average molecular weight is 370 g/mol. The van der Waals surface area contributed by atoms with Crippen molar-refractivity contribution in [2.24, 2.45) is 0 Å². The van der Waals surface area contributed by atoms with Gasteiger partial charge in [0.2, 0.25) is 5.91 Å². The lowest BCUT2D eigenvalue weighted by atomic mass is 10.1. The summed E-state index contributed by atoms with van der Waals surface area (Å²) >= 11 is 0. The van der Waals surface area contributed by atoms with Crippen LogP contribution in [-0.4, -0.2) is 48.8 Å². The zero-order chi connectivity index (χ0) is 19.2. The van der Waals surface area contributed by atoms with E-state index in [9.17, 15) is 9.59 Å². The molecule has 0 bridgehead atoms. The molecule has 0 saturated carbocycles. The van der Waals surface area contributed by atoms with Crippen molar-refractivity contribution in [3.05, 3.63) is 54.1 Å². The number of carbonyl (C=O) groups excluding carboxylic acids is 2. The topological polar surface area (TPSA) is 79.3 Å². The number of hydrogen-bond acceptors (Lipinski definition) is 5. The number of aliphatic hydroxyl groups excluding tert-OH is 1. The second-order valence-corrected chi connectivity index (χ2v) is 6.08. The number of nitrogens with zero attached hydrogens (tertiary/aromatic N) is 2. The zero-order valence-corrected chi connectivity index (χ0v) is 15.1. The summed E-state index contributed by atoms with van der Waals surface area (Å²) in [7, 11) is 1.59. The maximum Gasteiger partial charge on any atom is 0.331 e. The number of hydrogen-bond donors (Lipinski definition) is 1. The lowest BCUT2D eigenvalue weighted by Crippen LogP contribution is -2.52. The number of amides is 3. The summed E-state index contributed by atoms with van der Waals surface area (Å²) in [6.07, 6.45) is 0.269. The molecule has 0 aliphatic carbocycles. The summed E-state index contributed by atoms with van der Waals surface area (Å²) in [4.78, 5) is 28.0. The van der Waals surface area contributed by atoms with Gasteiger partial charge in [-0.1, -0.05) is 12.1 Å². The molecule has 27 heavy (non-hydrogen) atoms. The molecule has 1 fully saturated rings. The molecule has 3 amide bonds. The molecule has 1 heterocycles. The first kappa shape index (κ1) is 18.7. The van der Waals surface area contributed by atoms with Crippen molar-refractivity contribution >= 4 is 17.6 Å². The smallest absolute Gasteiger partial charge is 0.331 e. The zero-order valence-electron chi connectivity index (χ0n) is 15.1. The summed E-state index contributed by atoms with van der Waals surface area (Å²) in [5, 5.41) is 8.80. The molecule has 1 aliphatic heterocycles. The third kappa shape index (κ3) is 4.38. The van der Waals surface area contributed by atoms with E-state index in [1.165, 1.54) is 4.90 Å². The van der Waals surface area contributed by atoms with Crippen molar-refractivity contribution in [2.75, 3.05) is 31.8 Å². The van der Waals surface area contributed by atoms with Gasteiger partial charge in [-0.2, -0.15) is 0 Å². The second-order valence-electron chi connectivity index (χ2n) is 6.08. The molecule has 7 nitrogen and oxygen atoms in total. The Morgan fingerprint density at radius 1 is 1.00 bits per heavy atom. The average Bonchev–Trinajstić information content (AvgIpc) is 2.70. The molecule has 1 saturated heterocycles. The summed E-state index contributed by atoms with van der Waals surface area (Å²) in [6.45, 7) is 0.713. The first-order valence-electron chi connectivity index (χ1n) is 8.71. The van der Waals surface area contributed by atoms with E-state index in [0.717, 1.165) is 11.3 Å². The lowest BCUT2D eigenvalue weighted by Gasteiger charge is -2.34. The highest BCUT2D eigenvalue weighted by atomic mass is 16.5. The third-order valence-corrected chi connectivity index (χ3v) is 4.32. The van der Waals surface area contributed by atoms with Crippen LogP contribution in [0, 0.1) is 0 Å². The van der Waals surface area contributed by atoms with E-state index in [-0.39, 0.29) is 38.1 Å². The molecule has 3 rings (SSSR count). The number of aliphatic hydroxyl groups is 1. The van der Waals surface area contributed by atoms with Crippen LogP contribution in [0.5, 0.6) is 11.5 Å². The van der Waals surface area contributed by atoms with E-state index < -0.39 is 0 Å². The standard InChI is InChI=1S/C20H22N2O5/c1-26-17-6-2-15(3-7-17)14-22-19(24)10-11-21(20(22)25)16-4-8-18(9-5-16)27-13-12-23/h2-9,23H,10-14H2,1H3. The Bertz CT molecular complexity index is 789. The van der Waals surface area contributed by atoms with Crippen LogP contribution in [-0.2, 0) is 11.3 Å². The van der Waals surface area contributed by atoms with Crippen molar-refractivity contribution in [1.29, 1.82) is 0 Å². The highest BCUT2D eigenvalue weighted by Crippen LogP contribution is 2.25. The molecule has 1 N–H and O–H groups in total. The molecular weight excluding hydrogens is 348 g/mol. The van der Waals surface area contributed by atoms with Gasteiger partial charge in [-0.05, 0) is 42.0 Å². The number of urea groups is 1. The van der Waals surface area contributed by atoms with Gasteiger partial charge in [0, 0.05) is 18.7 Å². The van der Waals surface area contributed by atoms with Crippen molar-refractivity contribution in [1.82, 2.24) is 4.90 Å². The number of imide groups is 1. The number of anilines is 1. The molecule has 0 unspecified atom stereocenters. The lowest BCUT2D eigenvalue weighted by molar-refractivity contribution is -0.129. The molecule has 7 heteroatoms. The molecule has 1 aliphatic rings. The largest absolute Gasteiger partial charge is 0.497 e. The number of methoxy groups -OCH3 is 1. The number of benzene rings is 2. The van der Waals surface area contributed by atoms with Crippen molar-refractivity contribution in [3.63, 3.8) is 0 Å². The van der Waals surface area contributed by atoms with Gasteiger partial charge in [0.15, 0.2) is 0 Å². The minimum atomic E-state index is -0.342. The Balaban J connectivity index is 1.72. The second kappa shape index (κ2) is 8.55. The van der Waals surface area contributed by atoms with Gasteiger partial charge in [-0.25, -0.2) is 4.79 Å². The van der Waals surface area contributed by atoms with E-state index in [2.05, 4.69) is 0 Å². The summed E-state index contributed by atoms with van der Waals surface area (Å²) in [6, 6.07) is 14.0. The van der Waals surface area contributed by atoms with Crippen LogP contribution >= 0.6 is 0 Å². The fourth-order valence-corrected chi connectivity index (χ4v) is 2.89. The normalized spacial score (nSPS) is 14.4. The van der Waals surface area contributed by atoms with Crippen molar-refractivity contribution < 1.29 is 24.2 Å². The third-order valence-electron chi connectivity index (χ3n) is 4.32. The van der Waals surface area contributed by atoms with Crippen LogP contribution in [0.15, 0.2) is 48.5 Å². The summed E-state index contributed by atoms with van der Waals surface area (Å²) in [5.74, 6) is 1.15. The Morgan fingerprint density at radius 3 is 2.30 bits per heavy atom. The molecule has 142 valence electrons. The Kier molecular flexibility index (Phi) is 5.93. The molecule has 2 aromatic carbocycles. The quantitative estimate of drug-likeness (QED) is 0.810. The predicted octanol–water partition coefficient (Wildman–Crippen LogP) is 2.43. The van der Waals surface area contributed by atoms with Gasteiger partial charge in [0.25, 0.3) is 0 Å². The van der Waals surface area contributed by atoms with Crippen LogP contribution in [0.3, 0.4) is 0 Å². The maximum atomic E-state index is 12.9.